The van der Waals surface area contributed by atoms with Crippen LogP contribution in [-0.4, -0.2) is 10.5 Å². The Morgan fingerprint density at radius 2 is 1.58 bits per heavy atom. The van der Waals surface area contributed by atoms with E-state index in [4.69, 9.17) is 0 Å². The zero-order valence-electron chi connectivity index (χ0n) is 13.7. The van der Waals surface area contributed by atoms with Gasteiger partial charge in [-0.3, -0.25) is 14.9 Å². The molecule has 4 nitrogen and oxygen atoms in total. The van der Waals surface area contributed by atoms with Crippen LogP contribution in [0.5, 0.6) is 0 Å². The van der Waals surface area contributed by atoms with Gasteiger partial charge in [-0.15, -0.1) is 0 Å². The fourth-order valence-corrected chi connectivity index (χ4v) is 2.48. The van der Waals surface area contributed by atoms with Crippen LogP contribution in [0.25, 0.3) is 0 Å². The van der Waals surface area contributed by atoms with Crippen LogP contribution in [-0.2, 0) is 12.6 Å². The smallest absolute Gasteiger partial charge is 0.311 e. The van der Waals surface area contributed by atoms with Gasteiger partial charge in [0.1, 0.15) is 0 Å². The van der Waals surface area contributed by atoms with E-state index in [2.05, 4.69) is 0 Å². The van der Waals surface area contributed by atoms with Crippen molar-refractivity contribution in [3.63, 3.8) is 0 Å². The molecule has 1 N–H and O–H groups in total. The van der Waals surface area contributed by atoms with E-state index in [-0.39, 0.29) is 23.2 Å². The molecule has 1 heterocycles. The minimum Gasteiger partial charge on any atom is -0.311 e. The van der Waals surface area contributed by atoms with Gasteiger partial charge in [0.2, 0.25) is 0 Å². The molecule has 1 aromatic heterocycles. The highest BCUT2D eigenvalue weighted by molar-refractivity contribution is 5.94. The average molecular weight is 354 g/mol. The molecule has 6 heteroatoms. The molecule has 0 aliphatic heterocycles. The van der Waals surface area contributed by atoms with Crippen molar-refractivity contribution in [2.45, 2.75) is 12.6 Å². The summed E-state index contributed by atoms with van der Waals surface area (Å²) >= 11 is 0. The molecule has 0 unspecified atom stereocenters. The number of hydrogen-bond acceptors (Lipinski definition) is 2. The molecule has 2 aromatic carbocycles. The molecule has 132 valence electrons. The molecule has 1 amide bonds. The molecule has 0 saturated carbocycles. The van der Waals surface area contributed by atoms with Gasteiger partial charge in [0, 0.05) is 23.4 Å². The van der Waals surface area contributed by atoms with E-state index in [0.717, 1.165) is 0 Å². The number of aromatic nitrogens is 1. The monoisotopic (exact) mass is 354 g/mol. The van der Waals surface area contributed by atoms with Crippen molar-refractivity contribution >= 4 is 5.91 Å². The Bertz CT molecular complexity index is 951. The predicted molar refractivity (Wildman–Crippen MR) is 94.0 cm³/mol. The standard InChI is InChI=1S/C20H16F2N2O2/c21-20(22,23-19(26)16-6-2-1-3-7-16)17-11-9-15(10-12-17)14-24-13-5-4-8-18(24)25/h1-13H,14H2,(H,23,26). The molecule has 0 saturated heterocycles. The maximum absolute atomic E-state index is 14.3. The number of halogens is 2. The Morgan fingerprint density at radius 1 is 0.923 bits per heavy atom. The molecule has 0 atom stereocenters. The summed E-state index contributed by atoms with van der Waals surface area (Å²) in [6.07, 6.45) is 1.63. The first-order valence-corrected chi connectivity index (χ1v) is 7.96. The topological polar surface area (TPSA) is 51.1 Å². The SMILES string of the molecule is O=C(NC(F)(F)c1ccc(Cn2ccccc2=O)cc1)c1ccccc1. The van der Waals surface area contributed by atoms with Gasteiger partial charge >= 0.3 is 6.05 Å². The van der Waals surface area contributed by atoms with E-state index in [0.29, 0.717) is 5.56 Å². The lowest BCUT2D eigenvalue weighted by atomic mass is 10.1. The lowest BCUT2D eigenvalue weighted by molar-refractivity contribution is -0.0333. The number of hydrogen-bond donors (Lipinski definition) is 1. The van der Waals surface area contributed by atoms with Gasteiger partial charge < -0.3 is 4.57 Å². The van der Waals surface area contributed by atoms with Crippen LogP contribution in [0.15, 0.2) is 83.8 Å². The van der Waals surface area contributed by atoms with Crippen molar-refractivity contribution in [2.24, 2.45) is 0 Å². The predicted octanol–water partition coefficient (Wildman–Crippen LogP) is 3.38. The Labute approximate surface area is 148 Å². The first-order chi connectivity index (χ1) is 12.5. The summed E-state index contributed by atoms with van der Waals surface area (Å²) in [5.74, 6) is -0.851. The third kappa shape index (κ3) is 4.03. The molecule has 26 heavy (non-hydrogen) atoms. The normalized spacial score (nSPS) is 11.2. The van der Waals surface area contributed by atoms with E-state index in [1.165, 1.54) is 47.0 Å². The van der Waals surface area contributed by atoms with Crippen LogP contribution in [0, 0.1) is 0 Å². The molecular weight excluding hydrogens is 338 g/mol. The van der Waals surface area contributed by atoms with Gasteiger partial charge in [0.15, 0.2) is 0 Å². The summed E-state index contributed by atoms with van der Waals surface area (Å²) < 4.78 is 30.1. The van der Waals surface area contributed by atoms with E-state index in [9.17, 15) is 18.4 Å². The summed E-state index contributed by atoms with van der Waals surface area (Å²) in [5, 5.41) is 1.74. The Balaban J connectivity index is 1.73. The van der Waals surface area contributed by atoms with Gasteiger partial charge in [-0.1, -0.05) is 48.5 Å². The minimum absolute atomic E-state index is 0.159. The number of alkyl halides is 2. The van der Waals surface area contributed by atoms with Crippen LogP contribution < -0.4 is 10.9 Å². The summed E-state index contributed by atoms with van der Waals surface area (Å²) in [5.41, 5.74) is 0.363. The summed E-state index contributed by atoms with van der Waals surface area (Å²) in [4.78, 5) is 23.7. The summed E-state index contributed by atoms with van der Waals surface area (Å²) in [6, 6.07) is 14.6. The number of amides is 1. The summed E-state index contributed by atoms with van der Waals surface area (Å²) in [7, 11) is 0. The van der Waals surface area contributed by atoms with Crippen LogP contribution in [0.2, 0.25) is 0 Å². The number of carbonyl (C=O) groups excluding carboxylic acids is 1. The highest BCUT2D eigenvalue weighted by Crippen LogP contribution is 2.25. The van der Waals surface area contributed by atoms with Crippen molar-refractivity contribution in [1.29, 1.82) is 0 Å². The second kappa shape index (κ2) is 7.31. The van der Waals surface area contributed by atoms with E-state index < -0.39 is 12.0 Å². The number of benzene rings is 2. The van der Waals surface area contributed by atoms with Crippen molar-refractivity contribution < 1.29 is 13.6 Å². The quantitative estimate of drug-likeness (QED) is 0.714. The maximum atomic E-state index is 14.3. The largest absolute Gasteiger partial charge is 0.352 e. The zero-order chi connectivity index (χ0) is 18.6. The van der Waals surface area contributed by atoms with Gasteiger partial charge in [0.25, 0.3) is 11.5 Å². The zero-order valence-corrected chi connectivity index (χ0v) is 13.7. The van der Waals surface area contributed by atoms with Crippen molar-refractivity contribution in [3.05, 3.63) is 106 Å². The second-order valence-corrected chi connectivity index (χ2v) is 5.76. The van der Waals surface area contributed by atoms with Crippen molar-refractivity contribution in [3.8, 4) is 0 Å². The Morgan fingerprint density at radius 3 is 2.23 bits per heavy atom. The van der Waals surface area contributed by atoms with Crippen LogP contribution in [0.1, 0.15) is 21.5 Å². The molecule has 0 spiro atoms. The number of rotatable bonds is 5. The molecule has 0 aliphatic carbocycles. The first-order valence-electron chi connectivity index (χ1n) is 7.96. The van der Waals surface area contributed by atoms with Crippen LogP contribution >= 0.6 is 0 Å². The number of carbonyl (C=O) groups is 1. The number of nitrogens with zero attached hydrogens (tertiary/aromatic N) is 1. The number of pyridine rings is 1. The Hall–Kier alpha value is -3.28. The van der Waals surface area contributed by atoms with E-state index in [1.807, 2.05) is 0 Å². The fraction of sp³-hybridized carbons (Fsp3) is 0.100. The molecular formula is C20H16F2N2O2. The average Bonchev–Trinajstić information content (AvgIpc) is 2.64. The van der Waals surface area contributed by atoms with Gasteiger partial charge in [-0.2, -0.15) is 8.78 Å². The van der Waals surface area contributed by atoms with Gasteiger partial charge in [0.05, 0.1) is 6.54 Å². The van der Waals surface area contributed by atoms with Crippen molar-refractivity contribution in [2.75, 3.05) is 0 Å². The third-order valence-electron chi connectivity index (χ3n) is 3.87. The molecule has 0 bridgehead atoms. The lowest BCUT2D eigenvalue weighted by Gasteiger charge is -2.18. The number of nitrogens with one attached hydrogen (secondary N) is 1. The third-order valence-corrected chi connectivity index (χ3v) is 3.87. The first kappa shape index (κ1) is 17.5. The second-order valence-electron chi connectivity index (χ2n) is 5.76. The highest BCUT2D eigenvalue weighted by Gasteiger charge is 2.33. The fourth-order valence-electron chi connectivity index (χ4n) is 2.48. The molecule has 3 aromatic rings. The van der Waals surface area contributed by atoms with Crippen LogP contribution in [0.3, 0.4) is 0 Å². The highest BCUT2D eigenvalue weighted by atomic mass is 19.3. The van der Waals surface area contributed by atoms with Crippen molar-refractivity contribution in [1.82, 2.24) is 9.88 Å². The molecule has 0 radical (unpaired) electrons. The van der Waals surface area contributed by atoms with Crippen LogP contribution in [0.4, 0.5) is 8.78 Å². The Kier molecular flexibility index (Phi) is 4.93. The van der Waals surface area contributed by atoms with E-state index >= 15 is 0 Å². The van der Waals surface area contributed by atoms with Gasteiger partial charge in [-0.05, 0) is 23.8 Å². The molecule has 3 rings (SSSR count). The van der Waals surface area contributed by atoms with E-state index in [1.54, 1.807) is 41.8 Å². The lowest BCUT2D eigenvalue weighted by Crippen LogP contribution is -2.38. The summed E-state index contributed by atoms with van der Waals surface area (Å²) in [6.45, 7) is 0.280. The van der Waals surface area contributed by atoms with Gasteiger partial charge in [-0.25, -0.2) is 0 Å². The molecule has 0 aliphatic rings. The minimum atomic E-state index is -3.50. The maximum Gasteiger partial charge on any atom is 0.352 e. The molecule has 0 fully saturated rings.